The number of allylic oxidation sites excluding steroid dienone is 1. The molecule has 1 amide bonds. The van der Waals surface area contributed by atoms with Gasteiger partial charge in [0.15, 0.2) is 0 Å². The highest BCUT2D eigenvalue weighted by Gasteiger charge is 2.33. The molecule has 0 aromatic heterocycles. The summed E-state index contributed by atoms with van der Waals surface area (Å²) in [5.74, 6) is -0.151. The van der Waals surface area contributed by atoms with E-state index in [2.05, 4.69) is 17.1 Å². The van der Waals surface area contributed by atoms with Crippen molar-refractivity contribution in [2.75, 3.05) is 6.54 Å². The number of likely N-dealkylation sites (tertiary alicyclic amines) is 1. The third-order valence-electron chi connectivity index (χ3n) is 3.28. The molecule has 1 aliphatic carbocycles. The van der Waals surface area contributed by atoms with Gasteiger partial charge >= 0.3 is 0 Å². The molecule has 1 saturated heterocycles. The SMILES string of the molecule is NC(=O)[C@@H]1CCCN1[C@H]1C=CCCC1. The largest absolute Gasteiger partial charge is 0.368 e. The molecule has 2 N–H and O–H groups in total. The molecule has 0 saturated carbocycles. The van der Waals surface area contributed by atoms with E-state index in [1.165, 1.54) is 19.3 Å². The fraction of sp³-hybridized carbons (Fsp3) is 0.727. The Hall–Kier alpha value is -0.830. The quantitative estimate of drug-likeness (QED) is 0.668. The minimum atomic E-state index is -0.151. The summed E-state index contributed by atoms with van der Waals surface area (Å²) in [6, 6.07) is 0.450. The molecule has 0 bridgehead atoms. The number of rotatable bonds is 2. The smallest absolute Gasteiger partial charge is 0.234 e. The van der Waals surface area contributed by atoms with Crippen molar-refractivity contribution in [2.45, 2.75) is 44.2 Å². The van der Waals surface area contributed by atoms with E-state index in [9.17, 15) is 4.79 Å². The number of hydrogen-bond donors (Lipinski definition) is 1. The lowest BCUT2D eigenvalue weighted by Gasteiger charge is -2.31. The number of carbonyl (C=O) groups is 1. The van der Waals surface area contributed by atoms with E-state index in [4.69, 9.17) is 5.73 Å². The Labute approximate surface area is 84.9 Å². The van der Waals surface area contributed by atoms with Gasteiger partial charge in [0.25, 0.3) is 0 Å². The molecule has 0 aromatic rings. The average molecular weight is 194 g/mol. The molecular formula is C11H18N2O. The Balaban J connectivity index is 2.04. The molecule has 0 unspecified atom stereocenters. The van der Waals surface area contributed by atoms with Crippen LogP contribution in [0, 0.1) is 0 Å². The minimum Gasteiger partial charge on any atom is -0.368 e. The molecule has 1 aliphatic heterocycles. The topological polar surface area (TPSA) is 46.3 Å². The van der Waals surface area contributed by atoms with Crippen LogP contribution >= 0.6 is 0 Å². The van der Waals surface area contributed by atoms with Gasteiger partial charge in [0.05, 0.1) is 6.04 Å². The first-order valence-electron chi connectivity index (χ1n) is 5.51. The zero-order chi connectivity index (χ0) is 9.97. The van der Waals surface area contributed by atoms with Crippen molar-refractivity contribution in [2.24, 2.45) is 5.73 Å². The normalized spacial score (nSPS) is 33.4. The van der Waals surface area contributed by atoms with Crippen molar-refractivity contribution >= 4 is 5.91 Å². The van der Waals surface area contributed by atoms with E-state index in [0.717, 1.165) is 19.4 Å². The molecule has 3 heteroatoms. The van der Waals surface area contributed by atoms with Crippen molar-refractivity contribution in [3.05, 3.63) is 12.2 Å². The van der Waals surface area contributed by atoms with Crippen LogP contribution in [0.3, 0.4) is 0 Å². The second kappa shape index (κ2) is 4.13. The molecule has 3 nitrogen and oxygen atoms in total. The minimum absolute atomic E-state index is 0.0113. The highest BCUT2D eigenvalue weighted by atomic mass is 16.1. The van der Waals surface area contributed by atoms with Gasteiger partial charge in [0.1, 0.15) is 0 Å². The first-order valence-corrected chi connectivity index (χ1v) is 5.51. The average Bonchev–Trinajstić information content (AvgIpc) is 2.67. The lowest BCUT2D eigenvalue weighted by atomic mass is 10.0. The van der Waals surface area contributed by atoms with Crippen LogP contribution in [0.2, 0.25) is 0 Å². The van der Waals surface area contributed by atoms with Gasteiger partial charge in [-0.25, -0.2) is 0 Å². The van der Waals surface area contributed by atoms with E-state index >= 15 is 0 Å². The predicted molar refractivity (Wildman–Crippen MR) is 55.7 cm³/mol. The molecular weight excluding hydrogens is 176 g/mol. The second-order valence-corrected chi connectivity index (χ2v) is 4.22. The van der Waals surface area contributed by atoms with Crippen LogP contribution in [0.4, 0.5) is 0 Å². The van der Waals surface area contributed by atoms with Gasteiger partial charge in [-0.15, -0.1) is 0 Å². The Morgan fingerprint density at radius 3 is 2.86 bits per heavy atom. The maximum Gasteiger partial charge on any atom is 0.234 e. The number of primary amides is 1. The number of hydrogen-bond acceptors (Lipinski definition) is 2. The molecule has 0 radical (unpaired) electrons. The highest BCUT2D eigenvalue weighted by molar-refractivity contribution is 5.80. The number of amides is 1. The Morgan fingerprint density at radius 1 is 1.36 bits per heavy atom. The Morgan fingerprint density at radius 2 is 2.21 bits per heavy atom. The van der Waals surface area contributed by atoms with Crippen molar-refractivity contribution in [3.63, 3.8) is 0 Å². The van der Waals surface area contributed by atoms with Crippen LogP contribution in [-0.4, -0.2) is 29.4 Å². The molecule has 14 heavy (non-hydrogen) atoms. The van der Waals surface area contributed by atoms with E-state index < -0.39 is 0 Å². The summed E-state index contributed by atoms with van der Waals surface area (Å²) in [6.07, 6.45) is 10.1. The fourth-order valence-electron chi connectivity index (χ4n) is 2.56. The summed E-state index contributed by atoms with van der Waals surface area (Å²) >= 11 is 0. The van der Waals surface area contributed by atoms with E-state index in [-0.39, 0.29) is 11.9 Å². The molecule has 2 rings (SSSR count). The van der Waals surface area contributed by atoms with E-state index in [0.29, 0.717) is 6.04 Å². The summed E-state index contributed by atoms with van der Waals surface area (Å²) < 4.78 is 0. The molecule has 0 aromatic carbocycles. The zero-order valence-electron chi connectivity index (χ0n) is 8.48. The predicted octanol–water partition coefficient (Wildman–Crippen LogP) is 1.04. The van der Waals surface area contributed by atoms with Gasteiger partial charge in [-0.3, -0.25) is 9.69 Å². The van der Waals surface area contributed by atoms with Crippen molar-refractivity contribution in [3.8, 4) is 0 Å². The van der Waals surface area contributed by atoms with Crippen molar-refractivity contribution in [1.29, 1.82) is 0 Å². The van der Waals surface area contributed by atoms with Gasteiger partial charge in [0.2, 0.25) is 5.91 Å². The Kier molecular flexibility index (Phi) is 2.87. The highest BCUT2D eigenvalue weighted by Crippen LogP contribution is 2.25. The van der Waals surface area contributed by atoms with Crippen LogP contribution < -0.4 is 5.73 Å². The lowest BCUT2D eigenvalue weighted by molar-refractivity contribution is -0.122. The van der Waals surface area contributed by atoms with Crippen molar-refractivity contribution in [1.82, 2.24) is 4.90 Å². The maximum atomic E-state index is 11.2. The third-order valence-corrected chi connectivity index (χ3v) is 3.28. The van der Waals surface area contributed by atoms with Gasteiger partial charge in [-0.2, -0.15) is 0 Å². The van der Waals surface area contributed by atoms with Gasteiger partial charge in [-0.05, 0) is 38.6 Å². The standard InChI is InChI=1S/C11H18N2O/c12-11(14)10-7-4-8-13(10)9-5-2-1-3-6-9/h2,5,9-10H,1,3-4,6-8H2,(H2,12,14)/t9-,10-/m0/s1. The monoisotopic (exact) mass is 194 g/mol. The summed E-state index contributed by atoms with van der Waals surface area (Å²) in [7, 11) is 0. The number of nitrogens with zero attached hydrogens (tertiary/aromatic N) is 1. The van der Waals surface area contributed by atoms with Crippen LogP contribution in [0.1, 0.15) is 32.1 Å². The molecule has 2 aliphatic rings. The van der Waals surface area contributed by atoms with E-state index in [1.807, 2.05) is 0 Å². The number of nitrogens with two attached hydrogens (primary N) is 1. The summed E-state index contributed by atoms with van der Waals surface area (Å²) in [4.78, 5) is 13.5. The third kappa shape index (κ3) is 1.82. The van der Waals surface area contributed by atoms with E-state index in [1.54, 1.807) is 0 Å². The van der Waals surface area contributed by atoms with Gasteiger partial charge in [0, 0.05) is 6.04 Å². The second-order valence-electron chi connectivity index (χ2n) is 4.22. The maximum absolute atomic E-state index is 11.2. The summed E-state index contributed by atoms with van der Waals surface area (Å²) in [5.41, 5.74) is 5.39. The van der Waals surface area contributed by atoms with Crippen LogP contribution in [0.5, 0.6) is 0 Å². The zero-order valence-corrected chi connectivity index (χ0v) is 8.48. The Bertz CT molecular complexity index is 250. The van der Waals surface area contributed by atoms with Crippen molar-refractivity contribution < 1.29 is 4.79 Å². The first kappa shape index (κ1) is 9.71. The van der Waals surface area contributed by atoms with Crippen LogP contribution in [0.15, 0.2) is 12.2 Å². The van der Waals surface area contributed by atoms with Gasteiger partial charge < -0.3 is 5.73 Å². The molecule has 0 spiro atoms. The van der Waals surface area contributed by atoms with Gasteiger partial charge in [-0.1, -0.05) is 12.2 Å². The lowest BCUT2D eigenvalue weighted by Crippen LogP contribution is -2.45. The summed E-state index contributed by atoms with van der Waals surface area (Å²) in [6.45, 7) is 1.03. The molecule has 78 valence electrons. The molecule has 1 heterocycles. The molecule has 2 atom stereocenters. The number of carbonyl (C=O) groups excluding carboxylic acids is 1. The fourth-order valence-corrected chi connectivity index (χ4v) is 2.56. The summed E-state index contributed by atoms with van der Waals surface area (Å²) in [5, 5.41) is 0. The van der Waals surface area contributed by atoms with Crippen LogP contribution in [-0.2, 0) is 4.79 Å². The van der Waals surface area contributed by atoms with Crippen LogP contribution in [0.25, 0.3) is 0 Å². The molecule has 1 fully saturated rings. The first-order chi connectivity index (χ1) is 6.79.